The number of aromatic nitrogens is 2. The topological polar surface area (TPSA) is 77.3 Å². The summed E-state index contributed by atoms with van der Waals surface area (Å²) in [5, 5.41) is 6.81. The lowest BCUT2D eigenvalue weighted by Crippen LogP contribution is -2.43. The van der Waals surface area contributed by atoms with Crippen LogP contribution in [-0.4, -0.2) is 28.3 Å². The molecule has 0 spiro atoms. The van der Waals surface area contributed by atoms with Gasteiger partial charge in [0.25, 0.3) is 5.91 Å². The van der Waals surface area contributed by atoms with E-state index >= 15 is 0 Å². The minimum absolute atomic E-state index is 0.112. The van der Waals surface area contributed by atoms with Crippen LogP contribution < -0.4 is 5.32 Å². The Balaban J connectivity index is 1.62. The number of ether oxygens (including phenoxy) is 1. The molecule has 110 valence electrons. The van der Waals surface area contributed by atoms with Crippen LogP contribution in [0.2, 0.25) is 0 Å². The average Bonchev–Trinajstić information content (AvgIpc) is 3.15. The number of carbonyl (C=O) groups excluding carboxylic acids is 1. The van der Waals surface area contributed by atoms with E-state index < -0.39 is 5.60 Å². The molecule has 1 unspecified atom stereocenters. The molecule has 0 aliphatic carbocycles. The Kier molecular flexibility index (Phi) is 3.70. The van der Waals surface area contributed by atoms with E-state index in [4.69, 9.17) is 9.26 Å². The van der Waals surface area contributed by atoms with Crippen LogP contribution in [0.1, 0.15) is 25.5 Å². The summed E-state index contributed by atoms with van der Waals surface area (Å²) in [4.78, 5) is 16.1. The average molecular weight is 287 g/mol. The first kappa shape index (κ1) is 13.8. The molecule has 1 saturated heterocycles. The van der Waals surface area contributed by atoms with Crippen molar-refractivity contribution in [3.05, 3.63) is 36.4 Å². The molecule has 0 radical (unpaired) electrons. The van der Waals surface area contributed by atoms with Crippen molar-refractivity contribution in [2.75, 3.05) is 6.61 Å². The van der Waals surface area contributed by atoms with E-state index in [0.717, 1.165) is 18.4 Å². The molecule has 6 heteroatoms. The van der Waals surface area contributed by atoms with Crippen molar-refractivity contribution in [1.29, 1.82) is 0 Å². The molecular formula is C15H17N3O3. The number of carbonyl (C=O) groups is 1. The second-order valence-corrected chi connectivity index (χ2v) is 5.29. The molecule has 0 saturated carbocycles. The lowest BCUT2D eigenvalue weighted by Gasteiger charge is -2.21. The second-order valence-electron chi connectivity index (χ2n) is 5.29. The normalized spacial score (nSPS) is 21.4. The second kappa shape index (κ2) is 5.65. The maximum Gasteiger partial charge on any atom is 0.252 e. The molecule has 1 aliphatic heterocycles. The lowest BCUT2D eigenvalue weighted by molar-refractivity contribution is -0.139. The van der Waals surface area contributed by atoms with Crippen LogP contribution in [0.15, 0.2) is 35.1 Å². The van der Waals surface area contributed by atoms with Crippen molar-refractivity contribution >= 4 is 5.91 Å². The molecule has 3 rings (SSSR count). The molecule has 1 aliphatic rings. The number of hydrogen-bond acceptors (Lipinski definition) is 5. The Morgan fingerprint density at radius 1 is 1.52 bits per heavy atom. The third kappa shape index (κ3) is 2.95. The molecule has 0 bridgehead atoms. The summed E-state index contributed by atoms with van der Waals surface area (Å²) in [5.74, 6) is 0.489. The minimum atomic E-state index is -0.716. The van der Waals surface area contributed by atoms with Crippen molar-refractivity contribution in [1.82, 2.24) is 15.5 Å². The van der Waals surface area contributed by atoms with Crippen LogP contribution in [0.25, 0.3) is 11.3 Å². The van der Waals surface area contributed by atoms with Crippen LogP contribution in [0.5, 0.6) is 0 Å². The Morgan fingerprint density at radius 2 is 2.43 bits per heavy atom. The van der Waals surface area contributed by atoms with E-state index in [9.17, 15) is 4.79 Å². The van der Waals surface area contributed by atoms with Crippen LogP contribution in [0, 0.1) is 0 Å². The summed E-state index contributed by atoms with van der Waals surface area (Å²) in [6.07, 6.45) is 5.08. The fraction of sp³-hybridized carbons (Fsp3) is 0.400. The molecule has 21 heavy (non-hydrogen) atoms. The highest BCUT2D eigenvalue weighted by atomic mass is 16.5. The van der Waals surface area contributed by atoms with Crippen molar-refractivity contribution in [3.63, 3.8) is 0 Å². The van der Waals surface area contributed by atoms with Gasteiger partial charge >= 0.3 is 0 Å². The maximum atomic E-state index is 12.1. The van der Waals surface area contributed by atoms with Gasteiger partial charge < -0.3 is 14.6 Å². The largest absolute Gasteiger partial charge is 0.365 e. The molecular weight excluding hydrogens is 270 g/mol. The fourth-order valence-electron chi connectivity index (χ4n) is 2.36. The van der Waals surface area contributed by atoms with E-state index in [1.54, 1.807) is 18.5 Å². The SMILES string of the molecule is CC1(C(=O)NCc2cc(-c3cccnc3)no2)CCCO1. The number of nitrogens with zero attached hydrogens (tertiary/aromatic N) is 2. The van der Waals surface area contributed by atoms with E-state index in [2.05, 4.69) is 15.5 Å². The van der Waals surface area contributed by atoms with Gasteiger partial charge in [-0.3, -0.25) is 9.78 Å². The van der Waals surface area contributed by atoms with Crippen LogP contribution in [-0.2, 0) is 16.1 Å². The van der Waals surface area contributed by atoms with Crippen molar-refractivity contribution < 1.29 is 14.1 Å². The zero-order chi connectivity index (χ0) is 14.7. The highest BCUT2D eigenvalue weighted by Gasteiger charge is 2.37. The third-order valence-electron chi connectivity index (χ3n) is 3.64. The van der Waals surface area contributed by atoms with Gasteiger partial charge in [-0.2, -0.15) is 0 Å². The summed E-state index contributed by atoms with van der Waals surface area (Å²) in [6.45, 7) is 2.75. The number of nitrogens with one attached hydrogen (secondary N) is 1. The number of amides is 1. The predicted octanol–water partition coefficient (Wildman–Crippen LogP) is 1.92. The van der Waals surface area contributed by atoms with E-state index in [1.165, 1.54) is 0 Å². The zero-order valence-electron chi connectivity index (χ0n) is 11.8. The fourth-order valence-corrected chi connectivity index (χ4v) is 2.36. The highest BCUT2D eigenvalue weighted by molar-refractivity contribution is 5.84. The Labute approximate surface area is 122 Å². The predicted molar refractivity (Wildman–Crippen MR) is 75.2 cm³/mol. The first-order valence-corrected chi connectivity index (χ1v) is 6.96. The molecule has 1 amide bonds. The minimum Gasteiger partial charge on any atom is -0.365 e. The standard InChI is InChI=1S/C15H17N3O3/c1-15(5-3-7-20-15)14(19)17-10-12-8-13(18-21-12)11-4-2-6-16-9-11/h2,4,6,8-9H,3,5,7,10H2,1H3,(H,17,19). The van der Waals surface area contributed by atoms with Gasteiger partial charge in [0.05, 0.1) is 6.54 Å². The molecule has 6 nitrogen and oxygen atoms in total. The molecule has 2 aromatic heterocycles. The van der Waals surface area contributed by atoms with Gasteiger partial charge in [0.1, 0.15) is 11.3 Å². The van der Waals surface area contributed by atoms with Crippen LogP contribution in [0.3, 0.4) is 0 Å². The lowest BCUT2D eigenvalue weighted by atomic mass is 10.0. The van der Waals surface area contributed by atoms with Gasteiger partial charge in [-0.15, -0.1) is 0 Å². The van der Waals surface area contributed by atoms with Crippen molar-refractivity contribution in [2.24, 2.45) is 0 Å². The van der Waals surface area contributed by atoms with Crippen LogP contribution >= 0.6 is 0 Å². The van der Waals surface area contributed by atoms with Gasteiger partial charge in [0, 0.05) is 30.6 Å². The molecule has 1 fully saturated rings. The monoisotopic (exact) mass is 287 g/mol. The number of hydrogen-bond donors (Lipinski definition) is 1. The Morgan fingerprint density at radius 3 is 3.14 bits per heavy atom. The van der Waals surface area contributed by atoms with Crippen LogP contribution in [0.4, 0.5) is 0 Å². The smallest absolute Gasteiger partial charge is 0.252 e. The third-order valence-corrected chi connectivity index (χ3v) is 3.64. The summed E-state index contributed by atoms with van der Waals surface area (Å²) in [6, 6.07) is 5.54. The molecule has 3 heterocycles. The Bertz CT molecular complexity index is 618. The molecule has 1 N–H and O–H groups in total. The van der Waals surface area contributed by atoms with Gasteiger partial charge in [-0.1, -0.05) is 5.16 Å². The first-order valence-electron chi connectivity index (χ1n) is 6.96. The maximum absolute atomic E-state index is 12.1. The molecule has 2 aromatic rings. The molecule has 0 aromatic carbocycles. The summed E-state index contributed by atoms with van der Waals surface area (Å²) in [5.41, 5.74) is 0.868. The number of pyridine rings is 1. The molecule has 1 atom stereocenters. The first-order chi connectivity index (χ1) is 10.2. The van der Waals surface area contributed by atoms with Gasteiger partial charge in [0.15, 0.2) is 5.76 Å². The van der Waals surface area contributed by atoms with E-state index in [0.29, 0.717) is 24.6 Å². The summed E-state index contributed by atoms with van der Waals surface area (Å²) in [7, 11) is 0. The quantitative estimate of drug-likeness (QED) is 0.929. The summed E-state index contributed by atoms with van der Waals surface area (Å²) >= 11 is 0. The van der Waals surface area contributed by atoms with E-state index in [1.807, 2.05) is 19.1 Å². The highest BCUT2D eigenvalue weighted by Crippen LogP contribution is 2.25. The van der Waals surface area contributed by atoms with Gasteiger partial charge in [0.2, 0.25) is 0 Å². The van der Waals surface area contributed by atoms with E-state index in [-0.39, 0.29) is 5.91 Å². The van der Waals surface area contributed by atoms with Crippen molar-refractivity contribution in [3.8, 4) is 11.3 Å². The summed E-state index contributed by atoms with van der Waals surface area (Å²) < 4.78 is 10.7. The number of rotatable bonds is 4. The van der Waals surface area contributed by atoms with Gasteiger partial charge in [-0.05, 0) is 31.9 Å². The zero-order valence-corrected chi connectivity index (χ0v) is 11.8. The van der Waals surface area contributed by atoms with Crippen molar-refractivity contribution in [2.45, 2.75) is 31.9 Å². The van der Waals surface area contributed by atoms with Gasteiger partial charge in [-0.25, -0.2) is 0 Å². The Hall–Kier alpha value is -2.21.